The van der Waals surface area contributed by atoms with Crippen LogP contribution in [0.1, 0.15) is 17.2 Å². The zero-order valence-electron chi connectivity index (χ0n) is 9.48. The molecule has 0 bridgehead atoms. The van der Waals surface area contributed by atoms with Crippen LogP contribution in [0.5, 0.6) is 5.75 Å². The highest BCUT2D eigenvalue weighted by atomic mass is 19.1. The second kappa shape index (κ2) is 5.14. The molecule has 2 aromatic carbocycles. The van der Waals surface area contributed by atoms with E-state index in [1.807, 2.05) is 0 Å². The predicted molar refractivity (Wildman–Crippen MR) is 63.1 cm³/mol. The van der Waals surface area contributed by atoms with Crippen molar-refractivity contribution in [2.75, 3.05) is 0 Å². The molecule has 0 amide bonds. The molecule has 1 unspecified atom stereocenters. The minimum Gasteiger partial charge on any atom is -0.508 e. The first-order chi connectivity index (χ1) is 8.58. The van der Waals surface area contributed by atoms with E-state index in [1.54, 1.807) is 12.1 Å². The van der Waals surface area contributed by atoms with Gasteiger partial charge in [0.15, 0.2) is 0 Å². The molecule has 0 aliphatic carbocycles. The summed E-state index contributed by atoms with van der Waals surface area (Å²) in [4.78, 5) is 0. The van der Waals surface area contributed by atoms with E-state index in [-0.39, 0.29) is 17.7 Å². The van der Waals surface area contributed by atoms with Gasteiger partial charge in [0, 0.05) is 6.42 Å². The Hall–Kier alpha value is -1.94. The molecule has 94 valence electrons. The van der Waals surface area contributed by atoms with Gasteiger partial charge < -0.3 is 10.2 Å². The van der Waals surface area contributed by atoms with Gasteiger partial charge in [-0.1, -0.05) is 18.2 Å². The second-order valence-corrected chi connectivity index (χ2v) is 4.02. The van der Waals surface area contributed by atoms with Gasteiger partial charge in [-0.3, -0.25) is 0 Å². The van der Waals surface area contributed by atoms with Crippen LogP contribution in [0.3, 0.4) is 0 Å². The van der Waals surface area contributed by atoms with Crippen molar-refractivity contribution in [3.05, 3.63) is 65.2 Å². The fraction of sp³-hybridized carbons (Fsp3) is 0.143. The van der Waals surface area contributed by atoms with E-state index in [4.69, 9.17) is 5.11 Å². The number of benzene rings is 2. The van der Waals surface area contributed by atoms with Crippen molar-refractivity contribution in [1.82, 2.24) is 0 Å². The first kappa shape index (κ1) is 12.5. The lowest BCUT2D eigenvalue weighted by atomic mass is 10.0. The van der Waals surface area contributed by atoms with Crippen LogP contribution >= 0.6 is 0 Å². The van der Waals surface area contributed by atoms with Crippen LogP contribution in [-0.4, -0.2) is 10.2 Å². The number of hydrogen-bond acceptors (Lipinski definition) is 2. The fourth-order valence-corrected chi connectivity index (χ4v) is 1.79. The lowest BCUT2D eigenvalue weighted by Crippen LogP contribution is -2.07. The lowest BCUT2D eigenvalue weighted by Gasteiger charge is -2.13. The highest BCUT2D eigenvalue weighted by Gasteiger charge is 2.17. The molecule has 0 aromatic heterocycles. The smallest absolute Gasteiger partial charge is 0.131 e. The first-order valence-corrected chi connectivity index (χ1v) is 5.48. The average Bonchev–Trinajstić information content (AvgIpc) is 2.32. The molecule has 0 heterocycles. The van der Waals surface area contributed by atoms with Crippen LogP contribution < -0.4 is 0 Å². The van der Waals surface area contributed by atoms with Gasteiger partial charge in [-0.15, -0.1) is 0 Å². The highest BCUT2D eigenvalue weighted by Crippen LogP contribution is 2.24. The number of halogens is 2. The molecule has 18 heavy (non-hydrogen) atoms. The Labute approximate surface area is 103 Å². The standard InChI is InChI=1S/C14H12F2O2/c15-11-2-1-3-12(16)14(11)13(18)8-9-4-6-10(17)7-5-9/h1-7,13,17-18H,8H2. The molecule has 2 rings (SSSR count). The van der Waals surface area contributed by atoms with E-state index < -0.39 is 17.7 Å². The summed E-state index contributed by atoms with van der Waals surface area (Å²) in [5.41, 5.74) is 0.355. The summed E-state index contributed by atoms with van der Waals surface area (Å²) in [5, 5.41) is 19.0. The molecule has 2 nitrogen and oxygen atoms in total. The molecule has 1 atom stereocenters. The van der Waals surface area contributed by atoms with Gasteiger partial charge in [0.1, 0.15) is 17.4 Å². The Morgan fingerprint density at radius 2 is 1.50 bits per heavy atom. The van der Waals surface area contributed by atoms with E-state index in [0.29, 0.717) is 5.56 Å². The summed E-state index contributed by atoms with van der Waals surface area (Å²) in [7, 11) is 0. The van der Waals surface area contributed by atoms with E-state index in [9.17, 15) is 13.9 Å². The van der Waals surface area contributed by atoms with Gasteiger partial charge in [-0.25, -0.2) is 8.78 Å². The third-order valence-electron chi connectivity index (χ3n) is 2.70. The number of phenolic OH excluding ortho intramolecular Hbond substituents is 1. The van der Waals surface area contributed by atoms with Crippen molar-refractivity contribution in [2.24, 2.45) is 0 Å². The Morgan fingerprint density at radius 3 is 2.06 bits per heavy atom. The van der Waals surface area contributed by atoms with Crippen molar-refractivity contribution in [1.29, 1.82) is 0 Å². The van der Waals surface area contributed by atoms with Crippen molar-refractivity contribution >= 4 is 0 Å². The number of aliphatic hydroxyl groups is 1. The Bertz CT molecular complexity index is 518. The highest BCUT2D eigenvalue weighted by molar-refractivity contribution is 5.29. The van der Waals surface area contributed by atoms with E-state index >= 15 is 0 Å². The van der Waals surface area contributed by atoms with Crippen molar-refractivity contribution in [3.8, 4) is 5.75 Å². The third kappa shape index (κ3) is 2.65. The molecule has 2 aromatic rings. The average molecular weight is 250 g/mol. The number of phenols is 1. The van der Waals surface area contributed by atoms with Gasteiger partial charge in [-0.05, 0) is 29.8 Å². The number of hydrogen-bond donors (Lipinski definition) is 2. The summed E-state index contributed by atoms with van der Waals surface area (Å²) in [6.45, 7) is 0. The largest absolute Gasteiger partial charge is 0.508 e. The third-order valence-corrected chi connectivity index (χ3v) is 2.70. The van der Waals surface area contributed by atoms with Crippen molar-refractivity contribution in [2.45, 2.75) is 12.5 Å². The van der Waals surface area contributed by atoms with Crippen LogP contribution in [0.15, 0.2) is 42.5 Å². The molecule has 4 heteroatoms. The summed E-state index contributed by atoms with van der Waals surface area (Å²) < 4.78 is 26.9. The maximum absolute atomic E-state index is 13.4. The van der Waals surface area contributed by atoms with Crippen LogP contribution in [0.2, 0.25) is 0 Å². The second-order valence-electron chi connectivity index (χ2n) is 4.02. The van der Waals surface area contributed by atoms with E-state index in [0.717, 1.165) is 12.1 Å². The zero-order chi connectivity index (χ0) is 13.1. The Kier molecular flexibility index (Phi) is 3.58. The molecular weight excluding hydrogens is 238 g/mol. The molecule has 2 N–H and O–H groups in total. The predicted octanol–water partition coefficient (Wildman–Crippen LogP) is 2.95. The zero-order valence-corrected chi connectivity index (χ0v) is 9.48. The summed E-state index contributed by atoms with van der Waals surface area (Å²) in [6, 6.07) is 9.58. The first-order valence-electron chi connectivity index (χ1n) is 5.48. The molecule has 0 aliphatic rings. The molecule has 0 radical (unpaired) electrons. The molecule has 0 spiro atoms. The minimum atomic E-state index is -1.25. The summed E-state index contributed by atoms with van der Waals surface area (Å²) in [5.74, 6) is -1.42. The monoisotopic (exact) mass is 250 g/mol. The molecule has 0 fully saturated rings. The quantitative estimate of drug-likeness (QED) is 0.879. The molecule has 0 aliphatic heterocycles. The maximum Gasteiger partial charge on any atom is 0.131 e. The van der Waals surface area contributed by atoms with Gasteiger partial charge in [0.25, 0.3) is 0 Å². The maximum atomic E-state index is 13.4. The summed E-state index contributed by atoms with van der Waals surface area (Å²) in [6.07, 6.45) is -1.17. The van der Waals surface area contributed by atoms with Gasteiger partial charge in [0.05, 0.1) is 11.7 Å². The molecule has 0 saturated carbocycles. The number of rotatable bonds is 3. The van der Waals surface area contributed by atoms with Crippen LogP contribution in [0.25, 0.3) is 0 Å². The van der Waals surface area contributed by atoms with Crippen LogP contribution in [0, 0.1) is 11.6 Å². The van der Waals surface area contributed by atoms with Crippen molar-refractivity contribution < 1.29 is 19.0 Å². The topological polar surface area (TPSA) is 40.5 Å². The summed E-state index contributed by atoms with van der Waals surface area (Å²) >= 11 is 0. The van der Waals surface area contributed by atoms with Gasteiger partial charge in [-0.2, -0.15) is 0 Å². The lowest BCUT2D eigenvalue weighted by molar-refractivity contribution is 0.168. The van der Waals surface area contributed by atoms with Crippen LogP contribution in [0.4, 0.5) is 8.78 Å². The van der Waals surface area contributed by atoms with E-state index in [1.165, 1.54) is 18.2 Å². The number of aromatic hydroxyl groups is 1. The SMILES string of the molecule is Oc1ccc(CC(O)c2c(F)cccc2F)cc1. The minimum absolute atomic E-state index is 0.0815. The van der Waals surface area contributed by atoms with Gasteiger partial charge in [0.2, 0.25) is 0 Å². The Morgan fingerprint density at radius 1 is 0.944 bits per heavy atom. The molecule has 0 saturated heterocycles. The van der Waals surface area contributed by atoms with Crippen molar-refractivity contribution in [3.63, 3.8) is 0 Å². The van der Waals surface area contributed by atoms with Gasteiger partial charge >= 0.3 is 0 Å². The number of aliphatic hydroxyl groups excluding tert-OH is 1. The normalized spacial score (nSPS) is 12.4. The van der Waals surface area contributed by atoms with E-state index in [2.05, 4.69) is 0 Å². The van der Waals surface area contributed by atoms with Crippen LogP contribution in [-0.2, 0) is 6.42 Å². The Balaban J connectivity index is 2.22. The molecular formula is C14H12F2O2. The fourth-order valence-electron chi connectivity index (χ4n) is 1.79.